The topological polar surface area (TPSA) is 110 Å². The van der Waals surface area contributed by atoms with Gasteiger partial charge >= 0.3 is 0 Å². The molecule has 6 nitrogen and oxygen atoms in total. The first-order valence-corrected chi connectivity index (χ1v) is 11.7. The maximum Gasteiger partial charge on any atom is 0.251 e. The fourth-order valence-corrected chi connectivity index (χ4v) is 6.05. The van der Waals surface area contributed by atoms with Gasteiger partial charge in [0.2, 0.25) is 0 Å². The van der Waals surface area contributed by atoms with Crippen LogP contribution in [0.15, 0.2) is 60.7 Å². The fraction of sp³-hybridized carbons (Fsp3) is 0.481. The van der Waals surface area contributed by atoms with Crippen molar-refractivity contribution in [1.29, 1.82) is 0 Å². The van der Waals surface area contributed by atoms with E-state index in [9.17, 15) is 24.9 Å². The first-order chi connectivity index (χ1) is 15.6. The Morgan fingerprint density at radius 3 is 2.00 bits per heavy atom. The zero-order valence-corrected chi connectivity index (χ0v) is 19.1. The smallest absolute Gasteiger partial charge is 0.251 e. The Hall–Kier alpha value is -2.70. The van der Waals surface area contributed by atoms with Crippen LogP contribution in [0.5, 0.6) is 0 Å². The number of fused-ring (bicyclic) bond motifs is 2. The van der Waals surface area contributed by atoms with Crippen LogP contribution in [0.1, 0.15) is 61.5 Å². The predicted octanol–water partition coefficient (Wildman–Crippen LogP) is 2.46. The van der Waals surface area contributed by atoms with Crippen LogP contribution < -0.4 is 10.4 Å². The monoisotopic (exact) mass is 450 g/mol. The van der Waals surface area contributed by atoms with Crippen LogP contribution in [0, 0.1) is 23.2 Å². The van der Waals surface area contributed by atoms with Gasteiger partial charge in [-0.3, -0.25) is 4.79 Å². The molecule has 3 N–H and O–H groups in total. The highest BCUT2D eigenvalue weighted by Gasteiger charge is 2.55. The minimum absolute atomic E-state index is 0.0574. The lowest BCUT2D eigenvalue weighted by Crippen LogP contribution is -2.64. The number of aliphatic carboxylic acids is 1. The van der Waals surface area contributed by atoms with E-state index in [1.54, 1.807) is 60.7 Å². The molecule has 2 aromatic carbocycles. The number of aliphatic hydroxyl groups excluding tert-OH is 1. The molecule has 2 aromatic rings. The minimum atomic E-state index is -2.30. The lowest BCUT2D eigenvalue weighted by Gasteiger charge is -2.57. The van der Waals surface area contributed by atoms with Crippen molar-refractivity contribution >= 4 is 11.9 Å². The number of benzene rings is 2. The van der Waals surface area contributed by atoms with Gasteiger partial charge in [0, 0.05) is 5.56 Å². The molecule has 0 heterocycles. The van der Waals surface area contributed by atoms with Crippen LogP contribution in [0.2, 0.25) is 0 Å². The molecule has 1 amide bonds. The van der Waals surface area contributed by atoms with E-state index in [2.05, 4.69) is 19.2 Å². The first-order valence-electron chi connectivity index (χ1n) is 11.7. The van der Waals surface area contributed by atoms with Crippen molar-refractivity contribution in [3.63, 3.8) is 0 Å². The number of amides is 1. The molecule has 6 heteroatoms. The summed E-state index contributed by atoms with van der Waals surface area (Å²) in [4.78, 5) is 25.7. The zero-order chi connectivity index (χ0) is 23.8. The lowest BCUT2D eigenvalue weighted by molar-refractivity contribution is -0.333. The van der Waals surface area contributed by atoms with Gasteiger partial charge in [0.1, 0.15) is 5.60 Å². The molecule has 33 heavy (non-hydrogen) atoms. The molecular weight excluding hydrogens is 418 g/mol. The van der Waals surface area contributed by atoms with Crippen molar-refractivity contribution < 1.29 is 24.9 Å². The molecule has 4 rings (SSSR count). The van der Waals surface area contributed by atoms with Crippen molar-refractivity contribution in [2.45, 2.75) is 57.3 Å². The van der Waals surface area contributed by atoms with E-state index in [1.165, 1.54) is 0 Å². The van der Waals surface area contributed by atoms with Crippen LogP contribution >= 0.6 is 0 Å². The summed E-state index contributed by atoms with van der Waals surface area (Å²) >= 11 is 0. The van der Waals surface area contributed by atoms with Gasteiger partial charge in [-0.1, -0.05) is 62.4 Å². The van der Waals surface area contributed by atoms with Gasteiger partial charge in [0.15, 0.2) is 0 Å². The number of carbonyl (C=O) groups is 2. The largest absolute Gasteiger partial charge is 0.547 e. The summed E-state index contributed by atoms with van der Waals surface area (Å²) < 4.78 is 0. The van der Waals surface area contributed by atoms with Crippen LogP contribution in [-0.2, 0) is 4.79 Å². The second kappa shape index (κ2) is 8.92. The summed E-state index contributed by atoms with van der Waals surface area (Å²) in [6.45, 7) is 4.32. The number of rotatable bonds is 6. The number of nitrogens with one attached hydrogen (secondary N) is 1. The van der Waals surface area contributed by atoms with E-state index in [0.717, 1.165) is 0 Å². The maximum absolute atomic E-state index is 13.1. The second-order valence-corrected chi connectivity index (χ2v) is 10.3. The van der Waals surface area contributed by atoms with E-state index in [4.69, 9.17) is 0 Å². The standard InChI is InChI=1S/C27H33NO5/c1-26(2)19-13-21(14-20(26)16-22(29)15-19)27(33,25(31)32)23(17-9-5-3-6-10-17)28-24(30)18-11-7-4-8-12-18/h3-12,19-23,29,33H,13-16H2,1-2H3,(H,28,30)(H,31,32)/p-1/t19?,20?,21?,22?,23?,27-/m1/s1. The van der Waals surface area contributed by atoms with Gasteiger partial charge in [-0.25, -0.2) is 0 Å². The molecule has 0 radical (unpaired) electrons. The molecule has 2 aliphatic rings. The highest BCUT2D eigenvalue weighted by Crippen LogP contribution is 2.57. The number of carbonyl (C=O) groups excluding carboxylic acids is 2. The van der Waals surface area contributed by atoms with E-state index in [1.807, 2.05) is 0 Å². The van der Waals surface area contributed by atoms with Crippen LogP contribution in [0.3, 0.4) is 0 Å². The Balaban J connectivity index is 1.73. The van der Waals surface area contributed by atoms with Gasteiger partial charge in [0.25, 0.3) is 5.91 Å². The van der Waals surface area contributed by atoms with E-state index < -0.39 is 35.5 Å². The molecule has 3 unspecified atom stereocenters. The molecule has 0 aromatic heterocycles. The third-order valence-electron chi connectivity index (χ3n) is 8.19. The molecule has 176 valence electrons. The van der Waals surface area contributed by atoms with E-state index in [-0.39, 0.29) is 17.3 Å². The summed E-state index contributed by atoms with van der Waals surface area (Å²) in [5, 5.41) is 37.6. The van der Waals surface area contributed by atoms with Crippen molar-refractivity contribution in [2.24, 2.45) is 23.2 Å². The quantitative estimate of drug-likeness (QED) is 0.626. The van der Waals surface area contributed by atoms with E-state index >= 15 is 0 Å². The maximum atomic E-state index is 13.1. The number of carboxylic acid groups (broad SMARTS) is 1. The Morgan fingerprint density at radius 2 is 1.48 bits per heavy atom. The molecule has 2 aliphatic carbocycles. The molecule has 2 fully saturated rings. The van der Waals surface area contributed by atoms with Crippen LogP contribution in [0.4, 0.5) is 0 Å². The summed E-state index contributed by atoms with van der Waals surface area (Å²) in [5.74, 6) is -2.54. The normalized spacial score (nSPS) is 28.8. The minimum Gasteiger partial charge on any atom is -0.547 e. The average Bonchev–Trinajstić information content (AvgIpc) is 2.78. The molecule has 0 spiro atoms. The van der Waals surface area contributed by atoms with Gasteiger partial charge in [-0.15, -0.1) is 0 Å². The molecule has 4 atom stereocenters. The first kappa shape index (κ1) is 23.5. The summed E-state index contributed by atoms with van der Waals surface area (Å²) in [5.41, 5.74) is -1.48. The van der Waals surface area contributed by atoms with Crippen molar-refractivity contribution in [3.8, 4) is 0 Å². The average molecular weight is 451 g/mol. The molecule has 0 aliphatic heterocycles. The summed E-state index contributed by atoms with van der Waals surface area (Å²) in [7, 11) is 0. The van der Waals surface area contributed by atoms with Gasteiger partial charge in [0.05, 0.1) is 18.1 Å². The van der Waals surface area contributed by atoms with Crippen LogP contribution in [-0.4, -0.2) is 33.8 Å². The molecule has 2 saturated carbocycles. The summed E-state index contributed by atoms with van der Waals surface area (Å²) in [6.07, 6.45) is 1.63. The molecule has 0 saturated heterocycles. The highest BCUT2D eigenvalue weighted by molar-refractivity contribution is 5.95. The third kappa shape index (κ3) is 4.30. The highest BCUT2D eigenvalue weighted by atomic mass is 16.4. The fourth-order valence-electron chi connectivity index (χ4n) is 6.05. The molecule has 2 bridgehead atoms. The Labute approximate surface area is 194 Å². The lowest BCUT2D eigenvalue weighted by atomic mass is 9.51. The Morgan fingerprint density at radius 1 is 0.970 bits per heavy atom. The molecular formula is C27H32NO5-. The van der Waals surface area contributed by atoms with Crippen molar-refractivity contribution in [3.05, 3.63) is 71.8 Å². The Bertz CT molecular complexity index is 974. The number of carboxylic acids is 1. The van der Waals surface area contributed by atoms with Gasteiger partial charge in [-0.2, -0.15) is 0 Å². The summed E-state index contributed by atoms with van der Waals surface area (Å²) in [6, 6.07) is 16.1. The number of hydrogen-bond donors (Lipinski definition) is 3. The third-order valence-corrected chi connectivity index (χ3v) is 8.19. The Kier molecular flexibility index (Phi) is 6.34. The van der Waals surface area contributed by atoms with Crippen LogP contribution in [0.25, 0.3) is 0 Å². The van der Waals surface area contributed by atoms with Crippen molar-refractivity contribution in [1.82, 2.24) is 5.32 Å². The van der Waals surface area contributed by atoms with Gasteiger partial charge < -0.3 is 25.4 Å². The van der Waals surface area contributed by atoms with Gasteiger partial charge in [-0.05, 0) is 66.5 Å². The number of hydrogen-bond acceptors (Lipinski definition) is 5. The second-order valence-electron chi connectivity index (χ2n) is 10.3. The van der Waals surface area contributed by atoms with Crippen molar-refractivity contribution in [2.75, 3.05) is 0 Å². The predicted molar refractivity (Wildman–Crippen MR) is 122 cm³/mol. The zero-order valence-electron chi connectivity index (χ0n) is 19.1. The SMILES string of the molecule is CC1(C)C2CC(O)CC1CC([C@](O)(C(=O)[O-])C(NC(=O)c1ccccc1)c1ccccc1)C2. The number of aliphatic hydroxyl groups is 2. The van der Waals surface area contributed by atoms with E-state index in [0.29, 0.717) is 36.8 Å².